The number of ether oxygens (including phenoxy) is 1. The third-order valence-electron chi connectivity index (χ3n) is 6.56. The van der Waals surface area contributed by atoms with Crippen LogP contribution in [0.25, 0.3) is 0 Å². The van der Waals surface area contributed by atoms with E-state index in [0.29, 0.717) is 30.5 Å². The number of hydrogen-bond donors (Lipinski definition) is 1. The zero-order valence-electron chi connectivity index (χ0n) is 19.7. The highest BCUT2D eigenvalue weighted by molar-refractivity contribution is 5.96. The number of rotatable bonds is 6. The molecule has 6 nitrogen and oxygen atoms in total. The Bertz CT molecular complexity index is 748. The lowest BCUT2D eigenvalue weighted by atomic mass is 9.98. The number of anilines is 1. The molecule has 172 valence electrons. The van der Waals surface area contributed by atoms with Gasteiger partial charge in [-0.05, 0) is 74.6 Å². The topological polar surface area (TPSA) is 61.9 Å². The summed E-state index contributed by atoms with van der Waals surface area (Å²) in [6.07, 6.45) is 5.23. The molecule has 0 unspecified atom stereocenters. The molecule has 2 aliphatic heterocycles. The summed E-state index contributed by atoms with van der Waals surface area (Å²) in [4.78, 5) is 29.3. The highest BCUT2D eigenvalue weighted by Crippen LogP contribution is 2.22. The average Bonchev–Trinajstić information content (AvgIpc) is 2.75. The van der Waals surface area contributed by atoms with Crippen LogP contribution in [0.4, 0.5) is 10.5 Å². The third kappa shape index (κ3) is 6.70. The van der Waals surface area contributed by atoms with Gasteiger partial charge in [0.05, 0.1) is 6.10 Å². The second-order valence-corrected chi connectivity index (χ2v) is 9.67. The fourth-order valence-corrected chi connectivity index (χ4v) is 4.22. The number of piperidine rings is 2. The van der Waals surface area contributed by atoms with Crippen LogP contribution in [-0.4, -0.2) is 60.6 Å². The van der Waals surface area contributed by atoms with Crippen molar-refractivity contribution in [2.45, 2.75) is 65.9 Å². The van der Waals surface area contributed by atoms with Gasteiger partial charge in [0.2, 0.25) is 0 Å². The number of benzene rings is 1. The van der Waals surface area contributed by atoms with Gasteiger partial charge in [0.15, 0.2) is 0 Å². The summed E-state index contributed by atoms with van der Waals surface area (Å²) in [6, 6.07) is 5.50. The molecule has 1 aromatic rings. The summed E-state index contributed by atoms with van der Waals surface area (Å²) in [5.74, 6) is 1.44. The Morgan fingerprint density at radius 2 is 1.71 bits per heavy atom. The molecule has 3 rings (SSSR count). The van der Waals surface area contributed by atoms with Crippen LogP contribution in [0, 0.1) is 18.8 Å². The van der Waals surface area contributed by atoms with Gasteiger partial charge in [0.1, 0.15) is 0 Å². The monoisotopic (exact) mass is 429 g/mol. The molecule has 2 aliphatic rings. The lowest BCUT2D eigenvalue weighted by Gasteiger charge is -2.32. The van der Waals surface area contributed by atoms with Crippen LogP contribution in [0.3, 0.4) is 0 Å². The number of nitrogens with one attached hydrogen (secondary N) is 1. The van der Waals surface area contributed by atoms with Crippen LogP contribution < -0.4 is 5.32 Å². The van der Waals surface area contributed by atoms with E-state index in [2.05, 4.69) is 26.1 Å². The normalized spacial score (nSPS) is 18.5. The Kier molecular flexibility index (Phi) is 8.35. The van der Waals surface area contributed by atoms with E-state index in [-0.39, 0.29) is 18.0 Å². The molecular weight excluding hydrogens is 390 g/mol. The molecule has 0 spiro atoms. The molecule has 2 heterocycles. The molecule has 2 fully saturated rings. The number of nitrogens with zero attached hydrogens (tertiary/aromatic N) is 2. The van der Waals surface area contributed by atoms with Crippen LogP contribution in [0.2, 0.25) is 0 Å². The molecule has 2 saturated heterocycles. The van der Waals surface area contributed by atoms with Crippen LogP contribution >= 0.6 is 0 Å². The van der Waals surface area contributed by atoms with Crippen LogP contribution in [0.15, 0.2) is 18.2 Å². The van der Waals surface area contributed by atoms with Crippen molar-refractivity contribution in [2.75, 3.05) is 38.1 Å². The molecule has 0 atom stereocenters. The van der Waals surface area contributed by atoms with E-state index in [4.69, 9.17) is 4.74 Å². The predicted octanol–water partition coefficient (Wildman–Crippen LogP) is 4.93. The van der Waals surface area contributed by atoms with Crippen molar-refractivity contribution >= 4 is 17.6 Å². The van der Waals surface area contributed by atoms with Crippen molar-refractivity contribution < 1.29 is 14.3 Å². The maximum absolute atomic E-state index is 12.8. The third-order valence-corrected chi connectivity index (χ3v) is 6.56. The van der Waals surface area contributed by atoms with Gasteiger partial charge in [-0.25, -0.2) is 4.79 Å². The van der Waals surface area contributed by atoms with Gasteiger partial charge in [0, 0.05) is 44.0 Å². The molecule has 31 heavy (non-hydrogen) atoms. The van der Waals surface area contributed by atoms with Gasteiger partial charge < -0.3 is 19.9 Å². The van der Waals surface area contributed by atoms with E-state index in [1.54, 1.807) is 0 Å². The number of carbonyl (C=O) groups is 2. The summed E-state index contributed by atoms with van der Waals surface area (Å²) in [5, 5.41) is 3.03. The Hall–Kier alpha value is -2.08. The fourth-order valence-electron chi connectivity index (χ4n) is 4.22. The first kappa shape index (κ1) is 23.6. The minimum atomic E-state index is -0.0761. The summed E-state index contributed by atoms with van der Waals surface area (Å²) in [5.41, 5.74) is 2.38. The van der Waals surface area contributed by atoms with Crippen molar-refractivity contribution in [2.24, 2.45) is 11.8 Å². The lowest BCUT2D eigenvalue weighted by molar-refractivity contribution is 0.0112. The van der Waals surface area contributed by atoms with Crippen molar-refractivity contribution in [1.82, 2.24) is 9.80 Å². The number of likely N-dealkylation sites (tertiary alicyclic amines) is 2. The molecule has 0 aliphatic carbocycles. The number of hydrogen-bond acceptors (Lipinski definition) is 3. The first-order chi connectivity index (χ1) is 14.8. The molecule has 0 bridgehead atoms. The quantitative estimate of drug-likeness (QED) is 0.698. The zero-order chi connectivity index (χ0) is 22.4. The Balaban J connectivity index is 1.49. The van der Waals surface area contributed by atoms with Gasteiger partial charge in [-0.1, -0.05) is 20.8 Å². The largest absolute Gasteiger partial charge is 0.378 e. The molecule has 1 N–H and O–H groups in total. The van der Waals surface area contributed by atoms with Gasteiger partial charge in [-0.2, -0.15) is 0 Å². The van der Waals surface area contributed by atoms with E-state index in [1.807, 2.05) is 34.9 Å². The summed E-state index contributed by atoms with van der Waals surface area (Å²) in [6.45, 7) is 12.5. The van der Waals surface area contributed by atoms with Gasteiger partial charge >= 0.3 is 6.03 Å². The van der Waals surface area contributed by atoms with E-state index in [9.17, 15) is 9.59 Å². The predicted molar refractivity (Wildman–Crippen MR) is 125 cm³/mol. The van der Waals surface area contributed by atoms with Crippen molar-refractivity contribution in [3.8, 4) is 0 Å². The number of amides is 3. The van der Waals surface area contributed by atoms with Crippen LogP contribution in [-0.2, 0) is 4.74 Å². The summed E-state index contributed by atoms with van der Waals surface area (Å²) in [7, 11) is 0. The van der Waals surface area contributed by atoms with Crippen LogP contribution in [0.5, 0.6) is 0 Å². The van der Waals surface area contributed by atoms with Crippen molar-refractivity contribution in [3.05, 3.63) is 29.3 Å². The zero-order valence-corrected chi connectivity index (χ0v) is 19.7. The maximum atomic E-state index is 12.8. The highest BCUT2D eigenvalue weighted by Gasteiger charge is 2.24. The Morgan fingerprint density at radius 1 is 1.06 bits per heavy atom. The summed E-state index contributed by atoms with van der Waals surface area (Å²) >= 11 is 0. The van der Waals surface area contributed by atoms with Gasteiger partial charge in [-0.3, -0.25) is 4.79 Å². The van der Waals surface area contributed by atoms with Crippen molar-refractivity contribution in [3.63, 3.8) is 0 Å². The molecule has 0 radical (unpaired) electrons. The highest BCUT2D eigenvalue weighted by atomic mass is 16.5. The van der Waals surface area contributed by atoms with E-state index < -0.39 is 0 Å². The Labute approximate surface area is 187 Å². The molecule has 1 aromatic carbocycles. The first-order valence-corrected chi connectivity index (χ1v) is 11.9. The number of urea groups is 1. The smallest absolute Gasteiger partial charge is 0.321 e. The number of carbonyl (C=O) groups excluding carboxylic acids is 2. The first-order valence-electron chi connectivity index (χ1n) is 11.9. The SMILES string of the molecule is Cc1cc(C(=O)N2CCC(C)CC2)ccc1NC(=O)N1CCC(OCCC(C)C)CC1. The fraction of sp³-hybridized carbons (Fsp3) is 0.680. The molecular formula is C25H39N3O3. The van der Waals surface area contributed by atoms with E-state index >= 15 is 0 Å². The van der Waals surface area contributed by atoms with Gasteiger partial charge in [-0.15, -0.1) is 0 Å². The second-order valence-electron chi connectivity index (χ2n) is 9.67. The summed E-state index contributed by atoms with van der Waals surface area (Å²) < 4.78 is 5.96. The lowest BCUT2D eigenvalue weighted by Crippen LogP contribution is -2.43. The molecule has 0 aromatic heterocycles. The molecule has 6 heteroatoms. The minimum absolute atomic E-state index is 0.0761. The molecule has 3 amide bonds. The Morgan fingerprint density at radius 3 is 2.32 bits per heavy atom. The number of aryl methyl sites for hydroxylation is 1. The standard InChI is InChI=1S/C25H39N3O3/c1-18(2)11-16-31-22-9-14-28(15-10-22)25(30)26-23-6-5-21(17-20(23)4)24(29)27-12-7-19(3)8-13-27/h5-6,17-19,22H,7-16H2,1-4H3,(H,26,30). The molecule has 0 saturated carbocycles. The average molecular weight is 430 g/mol. The second kappa shape index (κ2) is 11.0. The van der Waals surface area contributed by atoms with Gasteiger partial charge in [0.25, 0.3) is 5.91 Å². The van der Waals surface area contributed by atoms with E-state index in [1.165, 1.54) is 0 Å². The maximum Gasteiger partial charge on any atom is 0.321 e. The van der Waals surface area contributed by atoms with E-state index in [0.717, 1.165) is 63.1 Å². The minimum Gasteiger partial charge on any atom is -0.378 e. The van der Waals surface area contributed by atoms with Crippen molar-refractivity contribution in [1.29, 1.82) is 0 Å². The van der Waals surface area contributed by atoms with Crippen LogP contribution in [0.1, 0.15) is 68.8 Å².